The van der Waals surface area contributed by atoms with E-state index >= 15 is 0 Å². The van der Waals surface area contributed by atoms with E-state index in [2.05, 4.69) is 10.1 Å². The zero-order valence-corrected chi connectivity index (χ0v) is 13.1. The molecule has 0 saturated carbocycles. The van der Waals surface area contributed by atoms with Crippen molar-refractivity contribution in [3.8, 4) is 11.5 Å². The van der Waals surface area contributed by atoms with Gasteiger partial charge in [0, 0.05) is 18.8 Å². The summed E-state index contributed by atoms with van der Waals surface area (Å²) < 4.78 is 34.2. The van der Waals surface area contributed by atoms with Crippen molar-refractivity contribution in [2.24, 2.45) is 0 Å². The minimum Gasteiger partial charge on any atom is -0.492 e. The van der Waals surface area contributed by atoms with Crippen LogP contribution in [0.25, 0.3) is 0 Å². The van der Waals surface area contributed by atoms with Crippen LogP contribution in [-0.4, -0.2) is 37.7 Å². The van der Waals surface area contributed by atoms with E-state index in [0.717, 1.165) is 5.75 Å². The lowest BCUT2D eigenvalue weighted by atomic mass is 10.3. The number of hydrogen-bond donors (Lipinski definition) is 1. The number of nitrogens with zero attached hydrogens (tertiary/aromatic N) is 1. The fourth-order valence-electron chi connectivity index (χ4n) is 1.89. The molecule has 0 spiro atoms. The Morgan fingerprint density at radius 2 is 1.83 bits per heavy atom. The number of urea groups is 1. The number of alkyl halides is 2. The zero-order valence-electron chi connectivity index (χ0n) is 13.1. The Kier molecular flexibility index (Phi) is 6.36. The number of nitrogens with one attached hydrogen (secondary N) is 1. The van der Waals surface area contributed by atoms with Crippen LogP contribution in [0.4, 0.5) is 19.3 Å². The maximum atomic E-state index is 12.2. The number of amides is 2. The van der Waals surface area contributed by atoms with Crippen LogP contribution >= 0.6 is 0 Å². The summed E-state index contributed by atoms with van der Waals surface area (Å²) in [5.74, 6) is 0.709. The van der Waals surface area contributed by atoms with E-state index in [-0.39, 0.29) is 11.8 Å². The van der Waals surface area contributed by atoms with E-state index in [1.165, 1.54) is 23.1 Å². The van der Waals surface area contributed by atoms with Gasteiger partial charge in [0.2, 0.25) is 0 Å². The first-order chi connectivity index (χ1) is 11.5. The molecule has 24 heavy (non-hydrogen) atoms. The van der Waals surface area contributed by atoms with Crippen molar-refractivity contribution < 1.29 is 23.0 Å². The van der Waals surface area contributed by atoms with Gasteiger partial charge >= 0.3 is 12.6 Å². The minimum atomic E-state index is -2.91. The maximum Gasteiger partial charge on any atom is 0.387 e. The summed E-state index contributed by atoms with van der Waals surface area (Å²) in [5.41, 5.74) is 0.369. The van der Waals surface area contributed by atoms with Gasteiger partial charge in [0.05, 0.1) is 6.54 Å². The largest absolute Gasteiger partial charge is 0.492 e. The number of likely N-dealkylation sites (N-methyl/N-ethyl adjacent to an activating group) is 1. The minimum absolute atomic E-state index is 0.0159. The Bertz CT molecular complexity index is 653. The van der Waals surface area contributed by atoms with Gasteiger partial charge < -0.3 is 19.7 Å². The van der Waals surface area contributed by atoms with Crippen LogP contribution in [0, 0.1) is 0 Å². The van der Waals surface area contributed by atoms with Crippen molar-refractivity contribution in [1.82, 2.24) is 4.90 Å². The standard InChI is InChI=1S/C17H18F2N2O3/c1-21(10-11-23-14-7-3-2-4-8-14)17(22)20-13-6-5-9-15(12-13)24-16(18)19/h2-9,12,16H,10-11H2,1H3,(H,20,22). The van der Waals surface area contributed by atoms with E-state index in [1.54, 1.807) is 13.1 Å². The zero-order chi connectivity index (χ0) is 17.4. The van der Waals surface area contributed by atoms with Crippen LogP contribution in [0.3, 0.4) is 0 Å². The third-order valence-corrected chi connectivity index (χ3v) is 3.10. The molecule has 2 aromatic carbocycles. The lowest BCUT2D eigenvalue weighted by molar-refractivity contribution is -0.0497. The maximum absolute atomic E-state index is 12.2. The molecule has 2 amide bonds. The van der Waals surface area contributed by atoms with Gasteiger partial charge in [0.25, 0.3) is 0 Å². The molecule has 7 heteroatoms. The average molecular weight is 336 g/mol. The highest BCUT2D eigenvalue weighted by molar-refractivity contribution is 5.89. The monoisotopic (exact) mass is 336 g/mol. The molecule has 0 saturated heterocycles. The SMILES string of the molecule is CN(CCOc1ccccc1)C(=O)Nc1cccc(OC(F)F)c1. The van der Waals surface area contributed by atoms with Gasteiger partial charge in [-0.3, -0.25) is 0 Å². The third kappa shape index (κ3) is 5.75. The molecule has 0 unspecified atom stereocenters. The summed E-state index contributed by atoms with van der Waals surface area (Å²) in [6, 6.07) is 14.7. The molecule has 0 heterocycles. The predicted octanol–water partition coefficient (Wildman–Crippen LogP) is 3.83. The Balaban J connectivity index is 1.80. The number of benzene rings is 2. The normalized spacial score (nSPS) is 10.3. The summed E-state index contributed by atoms with van der Waals surface area (Å²) in [6.07, 6.45) is 0. The van der Waals surface area contributed by atoms with Gasteiger partial charge in [-0.15, -0.1) is 0 Å². The third-order valence-electron chi connectivity index (χ3n) is 3.10. The molecule has 0 bridgehead atoms. The van der Waals surface area contributed by atoms with E-state index in [1.807, 2.05) is 30.3 Å². The van der Waals surface area contributed by atoms with Gasteiger partial charge in [-0.05, 0) is 24.3 Å². The van der Waals surface area contributed by atoms with E-state index < -0.39 is 6.61 Å². The number of carbonyl (C=O) groups is 1. The van der Waals surface area contributed by atoms with Crippen molar-refractivity contribution in [1.29, 1.82) is 0 Å². The molecule has 2 rings (SSSR count). The van der Waals surface area contributed by atoms with Crippen molar-refractivity contribution in [2.45, 2.75) is 6.61 Å². The average Bonchev–Trinajstić information content (AvgIpc) is 2.55. The summed E-state index contributed by atoms with van der Waals surface area (Å²) in [5, 5.41) is 2.61. The lowest BCUT2D eigenvalue weighted by Crippen LogP contribution is -2.34. The first kappa shape index (κ1) is 17.5. The van der Waals surface area contributed by atoms with E-state index in [4.69, 9.17) is 4.74 Å². The van der Waals surface area contributed by atoms with Crippen molar-refractivity contribution in [2.75, 3.05) is 25.5 Å². The highest BCUT2D eigenvalue weighted by Crippen LogP contribution is 2.19. The number of hydrogen-bond acceptors (Lipinski definition) is 3. The molecule has 0 atom stereocenters. The van der Waals surface area contributed by atoms with Gasteiger partial charge in [-0.2, -0.15) is 8.78 Å². The van der Waals surface area contributed by atoms with Crippen LogP contribution in [0.2, 0.25) is 0 Å². The number of ether oxygens (including phenoxy) is 2. The first-order valence-corrected chi connectivity index (χ1v) is 7.29. The molecule has 0 fully saturated rings. The van der Waals surface area contributed by atoms with Gasteiger partial charge in [-0.25, -0.2) is 4.79 Å². The molecule has 0 aliphatic carbocycles. The Morgan fingerprint density at radius 3 is 2.54 bits per heavy atom. The molecule has 2 aromatic rings. The van der Waals surface area contributed by atoms with Crippen molar-refractivity contribution in [3.63, 3.8) is 0 Å². The van der Waals surface area contributed by atoms with Crippen LogP contribution in [0.15, 0.2) is 54.6 Å². The second kappa shape index (κ2) is 8.71. The first-order valence-electron chi connectivity index (χ1n) is 7.29. The molecule has 5 nitrogen and oxygen atoms in total. The summed E-state index contributed by atoms with van der Waals surface area (Å²) in [6.45, 7) is -2.20. The van der Waals surface area contributed by atoms with Gasteiger partial charge in [0.15, 0.2) is 0 Å². The fourth-order valence-corrected chi connectivity index (χ4v) is 1.89. The number of para-hydroxylation sites is 1. The highest BCUT2D eigenvalue weighted by atomic mass is 19.3. The van der Waals surface area contributed by atoms with E-state index in [0.29, 0.717) is 18.8 Å². The van der Waals surface area contributed by atoms with Crippen LogP contribution in [0.1, 0.15) is 0 Å². The molecular weight excluding hydrogens is 318 g/mol. The van der Waals surface area contributed by atoms with Crippen LogP contribution in [-0.2, 0) is 0 Å². The quantitative estimate of drug-likeness (QED) is 0.836. The summed E-state index contributed by atoms with van der Waals surface area (Å²) in [4.78, 5) is 13.5. The fraction of sp³-hybridized carbons (Fsp3) is 0.235. The number of halogens is 2. The molecule has 0 radical (unpaired) electrons. The number of rotatable bonds is 7. The Labute approximate surface area is 138 Å². The topological polar surface area (TPSA) is 50.8 Å². The molecule has 0 aliphatic heterocycles. The van der Waals surface area contributed by atoms with Gasteiger partial charge in [-0.1, -0.05) is 24.3 Å². The van der Waals surface area contributed by atoms with Crippen LogP contribution < -0.4 is 14.8 Å². The highest BCUT2D eigenvalue weighted by Gasteiger charge is 2.10. The van der Waals surface area contributed by atoms with Crippen molar-refractivity contribution >= 4 is 11.7 Å². The number of carbonyl (C=O) groups excluding carboxylic acids is 1. The lowest BCUT2D eigenvalue weighted by Gasteiger charge is -2.18. The Morgan fingerprint density at radius 1 is 1.12 bits per heavy atom. The van der Waals surface area contributed by atoms with E-state index in [9.17, 15) is 13.6 Å². The predicted molar refractivity (Wildman–Crippen MR) is 86.7 cm³/mol. The van der Waals surface area contributed by atoms with Crippen LogP contribution in [0.5, 0.6) is 11.5 Å². The van der Waals surface area contributed by atoms with Crippen molar-refractivity contribution in [3.05, 3.63) is 54.6 Å². The molecule has 1 N–H and O–H groups in total. The second-order valence-electron chi connectivity index (χ2n) is 4.92. The molecule has 0 aromatic heterocycles. The summed E-state index contributed by atoms with van der Waals surface area (Å²) in [7, 11) is 1.61. The number of anilines is 1. The Hall–Kier alpha value is -2.83. The molecule has 0 aliphatic rings. The smallest absolute Gasteiger partial charge is 0.387 e. The van der Waals surface area contributed by atoms with Gasteiger partial charge in [0.1, 0.15) is 18.1 Å². The second-order valence-corrected chi connectivity index (χ2v) is 4.92. The molecule has 128 valence electrons. The summed E-state index contributed by atoms with van der Waals surface area (Å²) >= 11 is 0. The molecular formula is C17H18F2N2O3.